The quantitative estimate of drug-likeness (QED) is 0.0664. The van der Waals surface area contributed by atoms with Crippen LogP contribution in [0.3, 0.4) is 0 Å². The van der Waals surface area contributed by atoms with E-state index in [2.05, 4.69) is 30.7 Å². The van der Waals surface area contributed by atoms with Crippen molar-refractivity contribution in [3.05, 3.63) is 56.9 Å². The van der Waals surface area contributed by atoms with Crippen LogP contribution in [0.15, 0.2) is 36.7 Å². The van der Waals surface area contributed by atoms with Gasteiger partial charge >= 0.3 is 29.8 Å². The van der Waals surface area contributed by atoms with E-state index in [-0.39, 0.29) is 29.6 Å². The average Bonchev–Trinajstić information content (AvgIpc) is 2.92. The Morgan fingerprint density at radius 2 is 1.10 bits per heavy atom. The summed E-state index contributed by atoms with van der Waals surface area (Å²) in [6.07, 6.45) is 0.297. The number of amides is 1. The minimum atomic E-state index is -1.06. The van der Waals surface area contributed by atoms with Gasteiger partial charge in [0.2, 0.25) is 11.6 Å². The normalized spacial score (nSPS) is 10.8. The van der Waals surface area contributed by atoms with Gasteiger partial charge in [-0.3, -0.25) is 20.2 Å². The third kappa shape index (κ3) is 21.4. The molecule has 0 saturated carbocycles. The van der Waals surface area contributed by atoms with Gasteiger partial charge in [-0.1, -0.05) is 0 Å². The zero-order valence-electron chi connectivity index (χ0n) is 28.6. The maximum absolute atomic E-state index is 11.4. The minimum Gasteiger partial charge on any atom is -0.444 e. The lowest BCUT2D eigenvalue weighted by atomic mass is 10.2. The molecule has 0 spiro atoms. The summed E-state index contributed by atoms with van der Waals surface area (Å²) in [6.45, 7) is 16.8. The topological polar surface area (TPSA) is 262 Å². The molecule has 2 heterocycles. The number of nitrogens with two attached hydrogens (primary N) is 1. The molecule has 5 N–H and O–H groups in total. The Hall–Kier alpha value is -5.33. The summed E-state index contributed by atoms with van der Waals surface area (Å²) in [4.78, 5) is 61.3. The van der Waals surface area contributed by atoms with Crippen molar-refractivity contribution < 1.29 is 43.2 Å². The predicted molar refractivity (Wildman–Crippen MR) is 176 cm³/mol. The van der Waals surface area contributed by atoms with Crippen molar-refractivity contribution in [2.75, 3.05) is 36.8 Å². The second-order valence-corrected chi connectivity index (χ2v) is 12.4. The molecule has 2 aromatic heterocycles. The summed E-state index contributed by atoms with van der Waals surface area (Å²) in [5.74, 6) is 0.432. The number of hydrogen-bond donors (Lipinski definition) is 4. The zero-order chi connectivity index (χ0) is 37.1. The van der Waals surface area contributed by atoms with E-state index in [9.17, 15) is 34.6 Å². The molecule has 268 valence electrons. The second kappa shape index (κ2) is 20.0. The lowest BCUT2D eigenvalue weighted by Crippen LogP contribution is -2.35. The number of anilines is 2. The number of pyridine rings is 2. The van der Waals surface area contributed by atoms with E-state index in [0.29, 0.717) is 19.6 Å². The molecule has 0 saturated heterocycles. The number of nitrogens with zero attached hydrogens (tertiary/aromatic N) is 4. The fourth-order valence-corrected chi connectivity index (χ4v) is 2.82. The van der Waals surface area contributed by atoms with Gasteiger partial charge in [0.1, 0.15) is 16.8 Å². The Bertz CT molecular complexity index is 1330. The highest BCUT2D eigenvalue weighted by Gasteiger charge is 2.24. The van der Waals surface area contributed by atoms with Crippen LogP contribution in [-0.4, -0.2) is 81.2 Å². The molecule has 19 nitrogen and oxygen atoms in total. The van der Waals surface area contributed by atoms with Crippen molar-refractivity contribution in [3.63, 3.8) is 0 Å². The van der Waals surface area contributed by atoms with Gasteiger partial charge in [0, 0.05) is 50.7 Å². The Morgan fingerprint density at radius 1 is 0.708 bits per heavy atom. The van der Waals surface area contributed by atoms with Crippen molar-refractivity contribution in [2.45, 2.75) is 79.1 Å². The van der Waals surface area contributed by atoms with Crippen molar-refractivity contribution in [3.8, 4) is 0 Å². The summed E-state index contributed by atoms with van der Waals surface area (Å²) < 4.78 is 18.9. The number of hydrogen-bond acceptors (Lipinski definition) is 16. The van der Waals surface area contributed by atoms with Crippen LogP contribution in [0.1, 0.15) is 62.3 Å². The Morgan fingerprint density at radius 3 is 1.46 bits per heavy atom. The molecular formula is C29H46N8O11. The summed E-state index contributed by atoms with van der Waals surface area (Å²) in [5.41, 5.74) is 3.16. The number of aromatic nitrogens is 2. The van der Waals surface area contributed by atoms with Crippen LogP contribution in [0, 0.1) is 20.2 Å². The van der Waals surface area contributed by atoms with Crippen molar-refractivity contribution in [2.24, 2.45) is 5.73 Å². The third-order valence-corrected chi connectivity index (χ3v) is 4.43. The molecule has 2 rings (SSSR count). The first kappa shape index (κ1) is 42.7. The van der Waals surface area contributed by atoms with Crippen molar-refractivity contribution in [1.29, 1.82) is 0 Å². The lowest BCUT2D eigenvalue weighted by Gasteiger charge is -2.20. The van der Waals surface area contributed by atoms with E-state index in [4.69, 9.17) is 19.9 Å². The SMILES string of the molecule is CC(C)(C)OC(=O)NCCNc1ncccc1[N+](=O)[O-].CC(C)(C)OC(=O)OC(=O)OC(C)(C)C.NCCNc1ncccc1[N+](=O)[O-]. The first-order valence-corrected chi connectivity index (χ1v) is 14.5. The van der Waals surface area contributed by atoms with Gasteiger partial charge in [0.25, 0.3) is 0 Å². The van der Waals surface area contributed by atoms with Gasteiger partial charge in [-0.05, 0) is 74.4 Å². The van der Waals surface area contributed by atoms with E-state index in [0.717, 1.165) is 0 Å². The monoisotopic (exact) mass is 682 g/mol. The summed E-state index contributed by atoms with van der Waals surface area (Å²) >= 11 is 0. The standard InChI is InChI=1S/C12H18N4O4.C10H18O5.C7H10N4O2/c1-12(2,3)20-11(17)15-8-7-14-10-9(16(18)19)5-4-6-13-10;1-9(2,3)14-7(11)13-8(12)15-10(4,5)6;8-3-5-10-7-6(11(12)13)2-1-4-9-7/h4-6H,7-8H2,1-3H3,(H,13,14)(H,15,17);1-6H3;1-2,4H,3,5,8H2,(H,9,10). The largest absolute Gasteiger partial charge is 0.519 e. The van der Waals surface area contributed by atoms with Crippen molar-refractivity contribution in [1.82, 2.24) is 15.3 Å². The number of carbonyl (C=O) groups is 3. The van der Waals surface area contributed by atoms with Crippen LogP contribution < -0.4 is 21.7 Å². The lowest BCUT2D eigenvalue weighted by molar-refractivity contribution is -0.384. The number of alkyl carbamates (subject to hydrolysis) is 1. The molecule has 0 bridgehead atoms. The molecular weight excluding hydrogens is 636 g/mol. The number of ether oxygens (including phenoxy) is 4. The first-order chi connectivity index (χ1) is 22.0. The molecule has 0 aromatic carbocycles. The number of carbonyl (C=O) groups excluding carboxylic acids is 3. The molecule has 0 radical (unpaired) electrons. The second-order valence-electron chi connectivity index (χ2n) is 12.4. The van der Waals surface area contributed by atoms with Crippen LogP contribution >= 0.6 is 0 Å². The molecule has 19 heteroatoms. The number of nitro groups is 2. The number of nitrogens with one attached hydrogen (secondary N) is 3. The van der Waals surface area contributed by atoms with Crippen LogP contribution in [0.2, 0.25) is 0 Å². The number of rotatable bonds is 9. The fourth-order valence-electron chi connectivity index (χ4n) is 2.82. The predicted octanol–water partition coefficient (Wildman–Crippen LogP) is 5.16. The van der Waals surface area contributed by atoms with Crippen molar-refractivity contribution >= 4 is 41.4 Å². The van der Waals surface area contributed by atoms with E-state index >= 15 is 0 Å². The molecule has 2 aromatic rings. The highest BCUT2D eigenvalue weighted by Crippen LogP contribution is 2.20. The Kier molecular flexibility index (Phi) is 17.8. The maximum atomic E-state index is 11.4. The van der Waals surface area contributed by atoms with E-state index < -0.39 is 45.1 Å². The summed E-state index contributed by atoms with van der Waals surface area (Å²) in [5, 5.41) is 29.3. The smallest absolute Gasteiger partial charge is 0.444 e. The highest BCUT2D eigenvalue weighted by molar-refractivity contribution is 5.77. The molecule has 1 amide bonds. The van der Waals surface area contributed by atoms with Crippen LogP contribution in [0.5, 0.6) is 0 Å². The van der Waals surface area contributed by atoms with Gasteiger partial charge in [-0.2, -0.15) is 0 Å². The summed E-state index contributed by atoms with van der Waals surface area (Å²) in [7, 11) is 0. The van der Waals surface area contributed by atoms with E-state index in [1.165, 1.54) is 36.7 Å². The van der Waals surface area contributed by atoms with Gasteiger partial charge in [-0.25, -0.2) is 24.4 Å². The molecule has 0 aliphatic carbocycles. The Balaban J connectivity index is 0.000000710. The molecule has 0 atom stereocenters. The van der Waals surface area contributed by atoms with Crippen LogP contribution in [-0.2, 0) is 18.9 Å². The summed E-state index contributed by atoms with van der Waals surface area (Å²) in [6, 6.07) is 5.76. The van der Waals surface area contributed by atoms with Gasteiger partial charge in [-0.15, -0.1) is 0 Å². The van der Waals surface area contributed by atoms with E-state index in [1.807, 2.05) is 0 Å². The molecule has 0 fully saturated rings. The Labute approximate surface area is 278 Å². The van der Waals surface area contributed by atoms with Crippen LogP contribution in [0.25, 0.3) is 0 Å². The van der Waals surface area contributed by atoms with Gasteiger partial charge in [0.15, 0.2) is 0 Å². The zero-order valence-corrected chi connectivity index (χ0v) is 28.6. The third-order valence-electron chi connectivity index (χ3n) is 4.43. The van der Waals surface area contributed by atoms with Gasteiger partial charge < -0.3 is 40.6 Å². The molecule has 0 aliphatic rings. The first-order valence-electron chi connectivity index (χ1n) is 14.5. The highest BCUT2D eigenvalue weighted by atomic mass is 16.8. The van der Waals surface area contributed by atoms with E-state index in [1.54, 1.807) is 62.3 Å². The van der Waals surface area contributed by atoms with Gasteiger partial charge in [0.05, 0.1) is 9.85 Å². The maximum Gasteiger partial charge on any atom is 0.519 e. The minimum absolute atomic E-state index is 0.0315. The molecule has 0 aliphatic heterocycles. The average molecular weight is 683 g/mol. The fraction of sp³-hybridized carbons (Fsp3) is 0.552. The molecule has 0 unspecified atom stereocenters. The molecule has 48 heavy (non-hydrogen) atoms. The van der Waals surface area contributed by atoms with Crippen LogP contribution in [0.4, 0.5) is 37.4 Å².